The highest BCUT2D eigenvalue weighted by atomic mass is 79.9. The SMILES string of the molecule is COCCOc1ccc(C(O)c2ccc(Br)s2)cc1Br. The zero-order chi connectivity index (χ0) is 14.5. The fraction of sp³-hybridized carbons (Fsp3) is 0.286. The Balaban J connectivity index is 2.12. The highest BCUT2D eigenvalue weighted by Crippen LogP contribution is 2.34. The molecule has 1 aromatic carbocycles. The van der Waals surface area contributed by atoms with Gasteiger partial charge in [0.25, 0.3) is 0 Å². The highest BCUT2D eigenvalue weighted by molar-refractivity contribution is 9.11. The van der Waals surface area contributed by atoms with E-state index < -0.39 is 6.10 Å². The smallest absolute Gasteiger partial charge is 0.133 e. The molecule has 0 spiro atoms. The summed E-state index contributed by atoms with van der Waals surface area (Å²) in [6.45, 7) is 1.04. The van der Waals surface area contributed by atoms with Gasteiger partial charge in [-0.15, -0.1) is 11.3 Å². The molecule has 1 heterocycles. The molecule has 1 unspecified atom stereocenters. The van der Waals surface area contributed by atoms with E-state index in [2.05, 4.69) is 31.9 Å². The molecule has 2 rings (SSSR count). The molecule has 2 aromatic rings. The van der Waals surface area contributed by atoms with E-state index in [1.807, 2.05) is 30.3 Å². The zero-order valence-corrected chi connectivity index (χ0v) is 14.8. The van der Waals surface area contributed by atoms with Crippen molar-refractivity contribution in [2.24, 2.45) is 0 Å². The van der Waals surface area contributed by atoms with Gasteiger partial charge in [0.05, 0.1) is 14.9 Å². The predicted octanol–water partition coefficient (Wildman–Crippen LogP) is 4.38. The van der Waals surface area contributed by atoms with Gasteiger partial charge in [-0.3, -0.25) is 0 Å². The topological polar surface area (TPSA) is 38.7 Å². The van der Waals surface area contributed by atoms with Gasteiger partial charge in [-0.2, -0.15) is 0 Å². The molecule has 0 fully saturated rings. The summed E-state index contributed by atoms with van der Waals surface area (Å²) in [5.41, 5.74) is 0.824. The lowest BCUT2D eigenvalue weighted by molar-refractivity contribution is 0.146. The number of ether oxygens (including phenoxy) is 2. The van der Waals surface area contributed by atoms with Crippen LogP contribution in [0.1, 0.15) is 16.5 Å². The normalized spacial score (nSPS) is 12.4. The maximum absolute atomic E-state index is 10.3. The predicted molar refractivity (Wildman–Crippen MR) is 87.6 cm³/mol. The fourth-order valence-electron chi connectivity index (χ4n) is 1.68. The van der Waals surface area contributed by atoms with Crippen LogP contribution in [-0.2, 0) is 4.74 Å². The summed E-state index contributed by atoms with van der Waals surface area (Å²) >= 11 is 8.38. The molecule has 20 heavy (non-hydrogen) atoms. The van der Waals surface area contributed by atoms with Crippen LogP contribution in [0, 0.1) is 0 Å². The Labute approximate surface area is 138 Å². The number of rotatable bonds is 6. The van der Waals surface area contributed by atoms with Crippen molar-refractivity contribution in [2.45, 2.75) is 6.10 Å². The summed E-state index contributed by atoms with van der Waals surface area (Å²) in [6, 6.07) is 9.43. The van der Waals surface area contributed by atoms with Crippen LogP contribution in [0.4, 0.5) is 0 Å². The first-order valence-corrected chi connectivity index (χ1v) is 8.36. The first-order chi connectivity index (χ1) is 9.61. The van der Waals surface area contributed by atoms with Crippen LogP contribution in [-0.4, -0.2) is 25.4 Å². The molecule has 0 aliphatic rings. The van der Waals surface area contributed by atoms with Crippen LogP contribution in [0.3, 0.4) is 0 Å². The molecule has 0 radical (unpaired) electrons. The molecule has 0 bridgehead atoms. The minimum atomic E-state index is -0.629. The van der Waals surface area contributed by atoms with Crippen LogP contribution >= 0.6 is 43.2 Å². The number of aliphatic hydroxyl groups is 1. The lowest BCUT2D eigenvalue weighted by atomic mass is 10.1. The number of benzene rings is 1. The van der Waals surface area contributed by atoms with Crippen LogP contribution < -0.4 is 4.74 Å². The number of aliphatic hydroxyl groups excluding tert-OH is 1. The van der Waals surface area contributed by atoms with Crippen LogP contribution in [0.2, 0.25) is 0 Å². The van der Waals surface area contributed by atoms with E-state index in [1.54, 1.807) is 7.11 Å². The van der Waals surface area contributed by atoms with Crippen molar-refractivity contribution in [3.05, 3.63) is 49.0 Å². The van der Waals surface area contributed by atoms with Crippen molar-refractivity contribution in [3.63, 3.8) is 0 Å². The van der Waals surface area contributed by atoms with E-state index in [4.69, 9.17) is 9.47 Å². The van der Waals surface area contributed by atoms with Gasteiger partial charge in [-0.05, 0) is 61.7 Å². The van der Waals surface area contributed by atoms with Crippen molar-refractivity contribution >= 4 is 43.2 Å². The van der Waals surface area contributed by atoms with Gasteiger partial charge < -0.3 is 14.6 Å². The minimum absolute atomic E-state index is 0.495. The van der Waals surface area contributed by atoms with Crippen molar-refractivity contribution in [2.75, 3.05) is 20.3 Å². The molecule has 1 aromatic heterocycles. The Kier molecular flexibility index (Phi) is 6.04. The van der Waals surface area contributed by atoms with Crippen LogP contribution in [0.5, 0.6) is 5.75 Å². The summed E-state index contributed by atoms with van der Waals surface area (Å²) < 4.78 is 12.3. The van der Waals surface area contributed by atoms with Gasteiger partial charge in [0, 0.05) is 12.0 Å². The second-order valence-electron chi connectivity index (χ2n) is 4.08. The van der Waals surface area contributed by atoms with Gasteiger partial charge in [-0.25, -0.2) is 0 Å². The van der Waals surface area contributed by atoms with E-state index in [0.29, 0.717) is 13.2 Å². The maximum Gasteiger partial charge on any atom is 0.133 e. The molecule has 0 saturated heterocycles. The molecule has 0 saturated carbocycles. The standard InChI is InChI=1S/C14H14Br2O3S/c1-18-6-7-19-11-3-2-9(8-10(11)15)14(17)12-4-5-13(16)20-12/h2-5,8,14,17H,6-7H2,1H3. The van der Waals surface area contributed by atoms with Crippen molar-refractivity contribution in [1.82, 2.24) is 0 Å². The average Bonchev–Trinajstić information content (AvgIpc) is 2.86. The Hall–Kier alpha value is -0.400. The van der Waals surface area contributed by atoms with E-state index in [0.717, 1.165) is 24.4 Å². The van der Waals surface area contributed by atoms with E-state index >= 15 is 0 Å². The number of halogens is 2. The molecular formula is C14H14Br2O3S. The van der Waals surface area contributed by atoms with Gasteiger partial charge >= 0.3 is 0 Å². The molecule has 0 aliphatic heterocycles. The number of hydrogen-bond donors (Lipinski definition) is 1. The lowest BCUT2D eigenvalue weighted by Gasteiger charge is -2.12. The van der Waals surface area contributed by atoms with Crippen LogP contribution in [0.15, 0.2) is 38.6 Å². The number of hydrogen-bond acceptors (Lipinski definition) is 4. The fourth-order valence-corrected chi connectivity index (χ4v) is 3.63. The summed E-state index contributed by atoms with van der Waals surface area (Å²) in [5.74, 6) is 0.741. The first kappa shape index (κ1) is 16.0. The Bertz CT molecular complexity index is 571. The Morgan fingerprint density at radius 1 is 1.20 bits per heavy atom. The quantitative estimate of drug-likeness (QED) is 0.703. The molecule has 0 aliphatic carbocycles. The van der Waals surface area contributed by atoms with Gasteiger partial charge in [0.15, 0.2) is 0 Å². The van der Waals surface area contributed by atoms with Gasteiger partial charge in [0.2, 0.25) is 0 Å². The van der Waals surface area contributed by atoms with E-state index in [9.17, 15) is 5.11 Å². The largest absolute Gasteiger partial charge is 0.490 e. The summed E-state index contributed by atoms with van der Waals surface area (Å²) in [5, 5.41) is 10.3. The van der Waals surface area contributed by atoms with E-state index in [-0.39, 0.29) is 0 Å². The maximum atomic E-state index is 10.3. The molecule has 1 atom stereocenters. The van der Waals surface area contributed by atoms with Gasteiger partial charge in [-0.1, -0.05) is 6.07 Å². The summed E-state index contributed by atoms with van der Waals surface area (Å²) in [6.07, 6.45) is -0.629. The second kappa shape index (κ2) is 7.56. The molecule has 0 amide bonds. The van der Waals surface area contributed by atoms with Crippen molar-refractivity contribution in [3.8, 4) is 5.75 Å². The third kappa shape index (κ3) is 4.05. The van der Waals surface area contributed by atoms with Crippen molar-refractivity contribution < 1.29 is 14.6 Å². The summed E-state index contributed by atoms with van der Waals surface area (Å²) in [7, 11) is 1.64. The summed E-state index contributed by atoms with van der Waals surface area (Å²) in [4.78, 5) is 0.900. The Morgan fingerprint density at radius 3 is 2.60 bits per heavy atom. The lowest BCUT2D eigenvalue weighted by Crippen LogP contribution is -2.05. The third-order valence-corrected chi connectivity index (χ3v) is 4.98. The molecule has 3 nitrogen and oxygen atoms in total. The minimum Gasteiger partial charge on any atom is -0.490 e. The third-order valence-electron chi connectivity index (χ3n) is 2.68. The number of thiophene rings is 1. The molecule has 1 N–H and O–H groups in total. The molecule has 6 heteroatoms. The van der Waals surface area contributed by atoms with E-state index in [1.165, 1.54) is 11.3 Å². The monoisotopic (exact) mass is 420 g/mol. The molecule has 108 valence electrons. The number of methoxy groups -OCH3 is 1. The first-order valence-electron chi connectivity index (χ1n) is 5.96. The molecular weight excluding hydrogens is 408 g/mol. The Morgan fingerprint density at radius 2 is 2.00 bits per heavy atom. The highest BCUT2D eigenvalue weighted by Gasteiger charge is 2.14. The zero-order valence-electron chi connectivity index (χ0n) is 10.8. The van der Waals surface area contributed by atoms with Crippen molar-refractivity contribution in [1.29, 1.82) is 0 Å². The van der Waals surface area contributed by atoms with Crippen LogP contribution in [0.25, 0.3) is 0 Å². The average molecular weight is 422 g/mol. The second-order valence-corrected chi connectivity index (χ2v) is 7.42. The van der Waals surface area contributed by atoms with Gasteiger partial charge in [0.1, 0.15) is 18.5 Å².